The number of nitrogens with zero attached hydrogens (tertiary/aromatic N) is 1. The van der Waals surface area contributed by atoms with E-state index in [2.05, 4.69) is 10.3 Å². The maximum absolute atomic E-state index is 5.97. The van der Waals surface area contributed by atoms with Gasteiger partial charge in [0.2, 0.25) is 0 Å². The molecule has 0 saturated heterocycles. The normalized spacial score (nSPS) is 10.5. The monoisotopic (exact) mass is 338 g/mol. The van der Waals surface area contributed by atoms with Gasteiger partial charge in [-0.05, 0) is 60.5 Å². The Bertz CT molecular complexity index is 787. The van der Waals surface area contributed by atoms with Crippen LogP contribution in [0.5, 0.6) is 0 Å². The van der Waals surface area contributed by atoms with Crippen molar-refractivity contribution in [3.63, 3.8) is 0 Å². The van der Waals surface area contributed by atoms with Gasteiger partial charge in [0.1, 0.15) is 5.82 Å². The average molecular weight is 339 g/mol. The minimum Gasteiger partial charge on any atom is -0.340 e. The minimum atomic E-state index is 0.717. The van der Waals surface area contributed by atoms with Crippen LogP contribution in [0.4, 0.5) is 11.5 Å². The molecule has 1 heterocycles. The van der Waals surface area contributed by atoms with E-state index >= 15 is 0 Å². The molecule has 0 aliphatic rings. The molecular formula is C19H15ClN2S. The highest BCUT2D eigenvalue weighted by Crippen LogP contribution is 2.26. The lowest BCUT2D eigenvalue weighted by Crippen LogP contribution is -1.94. The third kappa shape index (κ3) is 4.50. The molecule has 23 heavy (non-hydrogen) atoms. The maximum atomic E-state index is 5.97. The second-order valence-electron chi connectivity index (χ2n) is 5.01. The number of halogens is 1. The summed E-state index contributed by atoms with van der Waals surface area (Å²) in [6.07, 6.45) is 1.81. The first-order valence-corrected chi connectivity index (χ1v) is 8.52. The molecule has 0 fully saturated rings. The zero-order valence-corrected chi connectivity index (χ0v) is 13.9. The number of benzene rings is 2. The summed E-state index contributed by atoms with van der Waals surface area (Å²) >= 11 is 7.61. The van der Waals surface area contributed by atoms with Gasteiger partial charge in [0, 0.05) is 27.6 Å². The molecule has 0 aliphatic heterocycles. The first-order chi connectivity index (χ1) is 11.2. The third-order valence-corrected chi connectivity index (χ3v) is 4.67. The molecule has 3 rings (SSSR count). The molecule has 0 atom stereocenters. The van der Waals surface area contributed by atoms with Crippen molar-refractivity contribution < 1.29 is 0 Å². The zero-order valence-electron chi connectivity index (χ0n) is 12.4. The van der Waals surface area contributed by atoms with Crippen LogP contribution in [0.3, 0.4) is 0 Å². The molecule has 1 N–H and O–H groups in total. The topological polar surface area (TPSA) is 24.9 Å². The van der Waals surface area contributed by atoms with E-state index in [1.165, 1.54) is 5.56 Å². The van der Waals surface area contributed by atoms with Gasteiger partial charge >= 0.3 is 0 Å². The number of nitrogens with one attached hydrogen (secondary N) is 1. The number of thioether (sulfide) groups is 1. The summed E-state index contributed by atoms with van der Waals surface area (Å²) in [7, 11) is 0. The van der Waals surface area contributed by atoms with Crippen molar-refractivity contribution in [2.24, 2.45) is 0 Å². The number of rotatable bonds is 5. The second-order valence-corrected chi connectivity index (χ2v) is 6.46. The van der Waals surface area contributed by atoms with Crippen molar-refractivity contribution in [3.8, 4) is 0 Å². The molecule has 2 aromatic carbocycles. The van der Waals surface area contributed by atoms with Gasteiger partial charge in [-0.25, -0.2) is 4.98 Å². The summed E-state index contributed by atoms with van der Waals surface area (Å²) in [5, 5.41) is 3.99. The predicted octanol–water partition coefficient (Wildman–Crippen LogP) is 5.83. The van der Waals surface area contributed by atoms with E-state index in [4.69, 9.17) is 18.5 Å². The standard InChI is InChI=1S/C19H15ClN2S/c1-14-4-2-3-5-18(14)23-13-15-10-11-21-19(12-15)22-17-8-6-16(20)7-9-17/h1-12H,13H2,(H,21,22). The summed E-state index contributed by atoms with van der Waals surface area (Å²) in [6, 6.07) is 19.5. The van der Waals surface area contributed by atoms with Gasteiger partial charge in [-0.3, -0.25) is 0 Å². The van der Waals surface area contributed by atoms with Crippen molar-refractivity contribution in [2.75, 3.05) is 5.32 Å². The third-order valence-electron chi connectivity index (χ3n) is 3.25. The highest BCUT2D eigenvalue weighted by molar-refractivity contribution is 7.98. The van der Waals surface area contributed by atoms with Gasteiger partial charge in [0.25, 0.3) is 0 Å². The maximum Gasteiger partial charge on any atom is 0.130 e. The Morgan fingerprint density at radius 2 is 1.83 bits per heavy atom. The highest BCUT2D eigenvalue weighted by atomic mass is 35.5. The molecule has 0 spiro atoms. The second kappa shape index (κ2) is 7.53. The molecule has 0 unspecified atom stereocenters. The minimum absolute atomic E-state index is 0.717. The van der Waals surface area contributed by atoms with Crippen LogP contribution in [-0.2, 0) is 5.75 Å². The summed E-state index contributed by atoms with van der Waals surface area (Å²) in [5.74, 6) is 1.65. The Morgan fingerprint density at radius 1 is 1.04 bits per heavy atom. The van der Waals surface area contributed by atoms with Gasteiger partial charge in [0.05, 0.1) is 0 Å². The number of aromatic nitrogens is 1. The van der Waals surface area contributed by atoms with Crippen molar-refractivity contribution in [2.45, 2.75) is 10.6 Å². The van der Waals surface area contributed by atoms with Crippen molar-refractivity contribution in [3.05, 3.63) is 89.9 Å². The van der Waals surface area contributed by atoms with Crippen LogP contribution in [0.25, 0.3) is 0 Å². The number of hydrogen-bond donors (Lipinski definition) is 1. The predicted molar refractivity (Wildman–Crippen MR) is 98.4 cm³/mol. The average Bonchev–Trinajstić information content (AvgIpc) is 2.57. The summed E-state index contributed by atoms with van der Waals surface area (Å²) < 4.78 is 0. The first kappa shape index (κ1) is 15.9. The molecule has 2 radical (unpaired) electrons. The van der Waals surface area contributed by atoms with E-state index in [0.29, 0.717) is 5.02 Å². The van der Waals surface area contributed by atoms with Crippen molar-refractivity contribution >= 4 is 34.9 Å². The molecule has 0 amide bonds. The van der Waals surface area contributed by atoms with Crippen LogP contribution in [0.2, 0.25) is 5.02 Å². The van der Waals surface area contributed by atoms with Gasteiger partial charge in [0.15, 0.2) is 0 Å². The smallest absolute Gasteiger partial charge is 0.130 e. The lowest BCUT2D eigenvalue weighted by molar-refractivity contribution is 1.26. The van der Waals surface area contributed by atoms with E-state index in [-0.39, 0.29) is 0 Å². The van der Waals surface area contributed by atoms with Crippen LogP contribution in [0, 0.1) is 6.92 Å². The lowest BCUT2D eigenvalue weighted by Gasteiger charge is -2.08. The van der Waals surface area contributed by atoms with Crippen molar-refractivity contribution in [1.29, 1.82) is 0 Å². The molecular weight excluding hydrogens is 324 g/mol. The van der Waals surface area contributed by atoms with Crippen LogP contribution < -0.4 is 5.32 Å². The Labute approximate surface area is 145 Å². The van der Waals surface area contributed by atoms with Crippen LogP contribution in [0.1, 0.15) is 11.1 Å². The number of pyridine rings is 1. The molecule has 2 nitrogen and oxygen atoms in total. The fourth-order valence-electron chi connectivity index (χ4n) is 2.09. The zero-order chi connectivity index (χ0) is 16.1. The van der Waals surface area contributed by atoms with Crippen LogP contribution >= 0.6 is 23.4 Å². The Kier molecular flexibility index (Phi) is 5.21. The molecule has 114 valence electrons. The van der Waals surface area contributed by atoms with E-state index in [9.17, 15) is 0 Å². The molecule has 0 bridgehead atoms. The molecule has 1 aromatic heterocycles. The highest BCUT2D eigenvalue weighted by Gasteiger charge is 2.02. The van der Waals surface area contributed by atoms with Crippen molar-refractivity contribution in [1.82, 2.24) is 4.98 Å². The molecule has 3 aromatic rings. The van der Waals surface area contributed by atoms with Gasteiger partial charge in [-0.15, -0.1) is 11.8 Å². The SMILES string of the molecule is [CH]c1ccccc1SCc1ccnc(Nc2ccc(Cl)cc2)c1. The van der Waals surface area contributed by atoms with Crippen LogP contribution in [0.15, 0.2) is 71.8 Å². The lowest BCUT2D eigenvalue weighted by atomic mass is 10.2. The Balaban J connectivity index is 1.67. The molecule has 0 aliphatic carbocycles. The largest absolute Gasteiger partial charge is 0.340 e. The number of anilines is 2. The Morgan fingerprint density at radius 3 is 2.61 bits per heavy atom. The van der Waals surface area contributed by atoms with E-state index in [1.54, 1.807) is 11.8 Å². The number of hydrogen-bond acceptors (Lipinski definition) is 3. The fraction of sp³-hybridized carbons (Fsp3) is 0.0526. The fourth-order valence-corrected chi connectivity index (χ4v) is 3.12. The van der Waals surface area contributed by atoms with Gasteiger partial charge < -0.3 is 5.32 Å². The summed E-state index contributed by atoms with van der Waals surface area (Å²) in [4.78, 5) is 5.45. The van der Waals surface area contributed by atoms with Gasteiger partial charge in [-0.2, -0.15) is 0 Å². The first-order valence-electron chi connectivity index (χ1n) is 7.15. The molecule has 0 saturated carbocycles. The van der Waals surface area contributed by atoms with Crippen LogP contribution in [-0.4, -0.2) is 4.98 Å². The Hall–Kier alpha value is -1.97. The molecule has 4 heteroatoms. The summed E-state index contributed by atoms with van der Waals surface area (Å²) in [5.41, 5.74) is 2.95. The van der Waals surface area contributed by atoms with E-state index in [0.717, 1.165) is 27.7 Å². The van der Waals surface area contributed by atoms with Gasteiger partial charge in [-0.1, -0.05) is 29.8 Å². The van der Waals surface area contributed by atoms with E-state index in [1.807, 2.05) is 66.9 Å². The quantitative estimate of drug-likeness (QED) is 0.592. The summed E-state index contributed by atoms with van der Waals surface area (Å²) in [6.45, 7) is 5.97. The van der Waals surface area contributed by atoms with E-state index < -0.39 is 0 Å².